The molecule has 1 N–H and O–H groups in total. The van der Waals surface area contributed by atoms with Crippen LogP contribution >= 0.6 is 0 Å². The number of likely N-dealkylation sites (tertiary alicyclic amines) is 1. The van der Waals surface area contributed by atoms with E-state index in [2.05, 4.69) is 27.4 Å². The van der Waals surface area contributed by atoms with Crippen molar-refractivity contribution in [2.24, 2.45) is 0 Å². The monoisotopic (exact) mass is 349 g/mol. The quantitative estimate of drug-likeness (QED) is 0.781. The Morgan fingerprint density at radius 3 is 2.73 bits per heavy atom. The third kappa shape index (κ3) is 3.28. The van der Waals surface area contributed by atoms with Gasteiger partial charge in [-0.3, -0.25) is 5.32 Å². The number of hydrogen-bond acceptors (Lipinski definition) is 5. The van der Waals surface area contributed by atoms with Gasteiger partial charge in [-0.2, -0.15) is 4.98 Å². The zero-order chi connectivity index (χ0) is 17.9. The number of amides is 2. The lowest BCUT2D eigenvalue weighted by atomic mass is 10.0. The molecule has 0 spiro atoms. The first-order valence-corrected chi connectivity index (χ1v) is 8.63. The van der Waals surface area contributed by atoms with Crippen LogP contribution in [0, 0.1) is 0 Å². The predicted molar refractivity (Wildman–Crippen MR) is 96.7 cm³/mol. The summed E-state index contributed by atoms with van der Waals surface area (Å²) in [4.78, 5) is 22.7. The molecular formula is C19H19N5O2. The topological polar surface area (TPSA) is 84.2 Å². The fraction of sp³-hybridized carbons (Fsp3) is 0.263. The Morgan fingerprint density at radius 1 is 1.23 bits per heavy atom. The third-order valence-corrected chi connectivity index (χ3v) is 4.46. The molecule has 1 aliphatic rings. The van der Waals surface area contributed by atoms with Gasteiger partial charge >= 0.3 is 6.03 Å². The van der Waals surface area contributed by atoms with Crippen molar-refractivity contribution < 1.29 is 9.32 Å². The average molecular weight is 349 g/mol. The number of carbonyl (C=O) groups is 1. The minimum atomic E-state index is -0.166. The SMILES string of the molecule is CCc1ccc(NC(=O)N2CC(c3nc(-c4ccccc4)no3)C2)nc1. The van der Waals surface area contributed by atoms with E-state index in [4.69, 9.17) is 4.52 Å². The van der Waals surface area contributed by atoms with E-state index in [-0.39, 0.29) is 11.9 Å². The molecule has 3 aromatic rings. The minimum Gasteiger partial charge on any atom is -0.339 e. The summed E-state index contributed by atoms with van der Waals surface area (Å²) in [6.45, 7) is 3.17. The van der Waals surface area contributed by atoms with Gasteiger partial charge in [-0.1, -0.05) is 48.5 Å². The Kier molecular flexibility index (Phi) is 4.35. The highest BCUT2D eigenvalue weighted by molar-refractivity contribution is 5.89. The number of hydrogen-bond donors (Lipinski definition) is 1. The number of aryl methyl sites for hydroxylation is 1. The first kappa shape index (κ1) is 16.3. The van der Waals surface area contributed by atoms with Gasteiger partial charge < -0.3 is 9.42 Å². The largest absolute Gasteiger partial charge is 0.339 e. The number of pyridine rings is 1. The van der Waals surface area contributed by atoms with Crippen LogP contribution in [0.1, 0.15) is 24.3 Å². The van der Waals surface area contributed by atoms with E-state index in [1.54, 1.807) is 11.1 Å². The number of urea groups is 1. The number of anilines is 1. The molecule has 1 fully saturated rings. The zero-order valence-corrected chi connectivity index (χ0v) is 14.4. The molecule has 0 aliphatic carbocycles. The average Bonchev–Trinajstić information content (AvgIpc) is 3.11. The second kappa shape index (κ2) is 6.95. The maximum Gasteiger partial charge on any atom is 0.323 e. The summed E-state index contributed by atoms with van der Waals surface area (Å²) >= 11 is 0. The molecule has 1 aliphatic heterocycles. The first-order valence-electron chi connectivity index (χ1n) is 8.63. The Morgan fingerprint density at radius 2 is 2.04 bits per heavy atom. The second-order valence-electron chi connectivity index (χ2n) is 6.26. The highest BCUT2D eigenvalue weighted by Gasteiger charge is 2.35. The highest BCUT2D eigenvalue weighted by atomic mass is 16.5. The first-order chi connectivity index (χ1) is 12.7. The molecule has 132 valence electrons. The fourth-order valence-corrected chi connectivity index (χ4v) is 2.80. The molecule has 1 aromatic carbocycles. The van der Waals surface area contributed by atoms with Gasteiger partial charge in [0.15, 0.2) is 0 Å². The van der Waals surface area contributed by atoms with Crippen LogP contribution < -0.4 is 5.32 Å². The van der Waals surface area contributed by atoms with Gasteiger partial charge in [-0.25, -0.2) is 9.78 Å². The van der Waals surface area contributed by atoms with Crippen LogP contribution in [-0.2, 0) is 6.42 Å². The second-order valence-corrected chi connectivity index (χ2v) is 6.26. The number of benzene rings is 1. The summed E-state index contributed by atoms with van der Waals surface area (Å²) in [5.74, 6) is 1.77. The van der Waals surface area contributed by atoms with Crippen molar-refractivity contribution in [1.82, 2.24) is 20.0 Å². The Balaban J connectivity index is 1.33. The summed E-state index contributed by atoms with van der Waals surface area (Å²) in [7, 11) is 0. The van der Waals surface area contributed by atoms with Gasteiger partial charge in [-0.15, -0.1) is 0 Å². The van der Waals surface area contributed by atoms with E-state index in [9.17, 15) is 4.79 Å². The molecule has 1 saturated heterocycles. The normalized spacial score (nSPS) is 14.1. The van der Waals surface area contributed by atoms with Gasteiger partial charge in [-0.05, 0) is 18.1 Å². The standard InChI is InChI=1S/C19H19N5O2/c1-2-13-8-9-16(20-10-13)21-19(25)24-11-15(12-24)18-22-17(23-26-18)14-6-4-3-5-7-14/h3-10,15H,2,11-12H2,1H3,(H,20,21,25). The number of rotatable bonds is 4. The molecule has 2 aromatic heterocycles. The van der Waals surface area contributed by atoms with Gasteiger partial charge in [0.2, 0.25) is 11.7 Å². The lowest BCUT2D eigenvalue weighted by Gasteiger charge is -2.36. The lowest BCUT2D eigenvalue weighted by molar-refractivity contribution is 0.147. The summed E-state index contributed by atoms with van der Waals surface area (Å²) in [5.41, 5.74) is 2.05. The summed E-state index contributed by atoms with van der Waals surface area (Å²) in [6, 6.07) is 13.3. The van der Waals surface area contributed by atoms with Gasteiger partial charge in [0.1, 0.15) is 5.82 Å². The highest BCUT2D eigenvalue weighted by Crippen LogP contribution is 2.28. The molecule has 0 unspecified atom stereocenters. The number of aromatic nitrogens is 3. The maximum atomic E-state index is 12.3. The molecule has 26 heavy (non-hydrogen) atoms. The summed E-state index contributed by atoms with van der Waals surface area (Å²) < 4.78 is 5.36. The van der Waals surface area contributed by atoms with E-state index in [0.717, 1.165) is 17.5 Å². The van der Waals surface area contributed by atoms with E-state index < -0.39 is 0 Å². The van der Waals surface area contributed by atoms with Crippen LogP contribution in [0.5, 0.6) is 0 Å². The van der Waals surface area contributed by atoms with Gasteiger partial charge in [0, 0.05) is 24.8 Å². The predicted octanol–water partition coefficient (Wildman–Crippen LogP) is 3.33. The smallest absolute Gasteiger partial charge is 0.323 e. The molecule has 0 bridgehead atoms. The molecule has 7 heteroatoms. The van der Waals surface area contributed by atoms with Gasteiger partial charge in [0.05, 0.1) is 5.92 Å². The van der Waals surface area contributed by atoms with E-state index in [1.807, 2.05) is 42.5 Å². The van der Waals surface area contributed by atoms with Crippen molar-refractivity contribution >= 4 is 11.8 Å². The van der Waals surface area contributed by atoms with Crippen molar-refractivity contribution in [3.05, 3.63) is 60.1 Å². The van der Waals surface area contributed by atoms with E-state index >= 15 is 0 Å². The number of nitrogens with zero attached hydrogens (tertiary/aromatic N) is 4. The van der Waals surface area contributed by atoms with Crippen LogP contribution in [0.3, 0.4) is 0 Å². The number of nitrogens with one attached hydrogen (secondary N) is 1. The molecule has 0 radical (unpaired) electrons. The molecular weight excluding hydrogens is 330 g/mol. The summed E-state index contributed by atoms with van der Waals surface area (Å²) in [5, 5.41) is 6.84. The third-order valence-electron chi connectivity index (χ3n) is 4.46. The maximum absolute atomic E-state index is 12.3. The molecule has 2 amide bonds. The van der Waals surface area contributed by atoms with Crippen LogP contribution in [0.2, 0.25) is 0 Å². The number of carbonyl (C=O) groups excluding carboxylic acids is 1. The van der Waals surface area contributed by atoms with E-state index in [0.29, 0.717) is 30.6 Å². The Labute approximate surface area is 151 Å². The van der Waals surface area contributed by atoms with E-state index in [1.165, 1.54) is 0 Å². The van der Waals surface area contributed by atoms with Crippen molar-refractivity contribution in [3.63, 3.8) is 0 Å². The van der Waals surface area contributed by atoms with Crippen molar-refractivity contribution in [2.45, 2.75) is 19.3 Å². The van der Waals surface area contributed by atoms with Crippen LogP contribution in [-0.4, -0.2) is 39.1 Å². The molecule has 3 heterocycles. The fourth-order valence-electron chi connectivity index (χ4n) is 2.80. The van der Waals surface area contributed by atoms with Crippen LogP contribution in [0.15, 0.2) is 53.2 Å². The molecule has 4 rings (SSSR count). The van der Waals surface area contributed by atoms with Crippen LogP contribution in [0.4, 0.5) is 10.6 Å². The molecule has 0 saturated carbocycles. The molecule has 0 atom stereocenters. The van der Waals surface area contributed by atoms with Crippen molar-refractivity contribution in [3.8, 4) is 11.4 Å². The lowest BCUT2D eigenvalue weighted by Crippen LogP contribution is -2.50. The zero-order valence-electron chi connectivity index (χ0n) is 14.4. The van der Waals surface area contributed by atoms with Gasteiger partial charge in [0.25, 0.3) is 0 Å². The Bertz CT molecular complexity index is 886. The summed E-state index contributed by atoms with van der Waals surface area (Å²) in [6.07, 6.45) is 2.70. The van der Waals surface area contributed by atoms with Crippen LogP contribution in [0.25, 0.3) is 11.4 Å². The minimum absolute atomic E-state index is 0.0705. The van der Waals surface area contributed by atoms with Crippen molar-refractivity contribution in [1.29, 1.82) is 0 Å². The van der Waals surface area contributed by atoms with Crippen molar-refractivity contribution in [2.75, 3.05) is 18.4 Å². The molecule has 7 nitrogen and oxygen atoms in total. The Hall–Kier alpha value is -3.22.